The van der Waals surface area contributed by atoms with E-state index in [-0.39, 0.29) is 11.8 Å². The van der Waals surface area contributed by atoms with Gasteiger partial charge in [0.2, 0.25) is 5.91 Å². The summed E-state index contributed by atoms with van der Waals surface area (Å²) in [4.78, 5) is 28.0. The number of carbonyl (C=O) groups excluding carboxylic acids is 2. The van der Waals surface area contributed by atoms with Crippen molar-refractivity contribution in [2.75, 3.05) is 19.6 Å². The van der Waals surface area contributed by atoms with E-state index < -0.39 is 6.04 Å². The number of rotatable bonds is 30. The Hall–Kier alpha value is -1.92. The zero-order valence-corrected chi connectivity index (χ0v) is 28.9. The van der Waals surface area contributed by atoms with Gasteiger partial charge in [0, 0.05) is 25.2 Å². The van der Waals surface area contributed by atoms with E-state index in [1.165, 1.54) is 116 Å². The van der Waals surface area contributed by atoms with E-state index >= 15 is 0 Å². The predicted octanol–water partition coefficient (Wildman–Crippen LogP) is 9.04. The van der Waals surface area contributed by atoms with Crippen molar-refractivity contribution < 1.29 is 9.59 Å². The normalized spacial score (nSPS) is 11.9. The minimum atomic E-state index is -0.507. The van der Waals surface area contributed by atoms with E-state index in [0.717, 1.165) is 49.9 Å². The lowest BCUT2D eigenvalue weighted by atomic mass is 10.1. The molecule has 1 atom stereocenters. The van der Waals surface area contributed by atoms with Crippen molar-refractivity contribution in [3.05, 3.63) is 35.4 Å². The standard InChI is InChI=1S/C38H70N4O2/c1-3-5-7-9-11-13-15-17-19-23-31-42(32-24-20-18-16-14-12-10-8-6-4-2)38(44)35-28-26-34(27-29-35)33-41-37(43)36(40)25-21-22-30-39/h26-29,36H,3-25,30-33,39-40H2,1-2H3,(H,41,43)/t36-/m0/s1. The molecule has 0 aliphatic heterocycles. The molecule has 0 saturated heterocycles. The SMILES string of the molecule is CCCCCCCCCCCCN(CCCCCCCCCCCC)C(=O)c1ccc(CNC(=O)[C@@H](N)CCCCN)cc1. The molecule has 6 nitrogen and oxygen atoms in total. The zero-order valence-electron chi connectivity index (χ0n) is 28.9. The maximum absolute atomic E-state index is 13.6. The van der Waals surface area contributed by atoms with Gasteiger partial charge in [0.25, 0.3) is 5.91 Å². The van der Waals surface area contributed by atoms with Crippen LogP contribution < -0.4 is 16.8 Å². The number of hydrogen-bond donors (Lipinski definition) is 3. The van der Waals surface area contributed by atoms with Gasteiger partial charge < -0.3 is 21.7 Å². The second-order valence-corrected chi connectivity index (χ2v) is 13.0. The van der Waals surface area contributed by atoms with Gasteiger partial charge in [-0.05, 0) is 49.9 Å². The fraction of sp³-hybridized carbons (Fsp3) is 0.789. The second-order valence-electron chi connectivity index (χ2n) is 13.0. The Morgan fingerprint density at radius 2 is 1.07 bits per heavy atom. The monoisotopic (exact) mass is 615 g/mol. The Bertz CT molecular complexity index is 790. The van der Waals surface area contributed by atoms with Gasteiger partial charge in [-0.3, -0.25) is 9.59 Å². The number of amides is 2. The van der Waals surface area contributed by atoms with Crippen LogP contribution in [0.1, 0.15) is 177 Å². The van der Waals surface area contributed by atoms with Crippen LogP contribution in [0, 0.1) is 0 Å². The van der Waals surface area contributed by atoms with Crippen molar-refractivity contribution in [2.45, 2.75) is 174 Å². The average Bonchev–Trinajstić information content (AvgIpc) is 3.04. The Morgan fingerprint density at radius 3 is 1.50 bits per heavy atom. The molecule has 0 unspecified atom stereocenters. The molecular weight excluding hydrogens is 544 g/mol. The Morgan fingerprint density at radius 1 is 0.636 bits per heavy atom. The highest BCUT2D eigenvalue weighted by atomic mass is 16.2. The first-order chi connectivity index (χ1) is 21.5. The summed E-state index contributed by atoms with van der Waals surface area (Å²) in [6, 6.07) is 7.22. The summed E-state index contributed by atoms with van der Waals surface area (Å²) in [5, 5.41) is 2.93. The smallest absolute Gasteiger partial charge is 0.253 e. The minimum absolute atomic E-state index is 0.134. The minimum Gasteiger partial charge on any atom is -0.351 e. The average molecular weight is 615 g/mol. The first-order valence-corrected chi connectivity index (χ1v) is 18.6. The molecule has 0 saturated carbocycles. The van der Waals surface area contributed by atoms with Crippen LogP contribution in [0.2, 0.25) is 0 Å². The molecule has 0 fully saturated rings. The van der Waals surface area contributed by atoms with Crippen LogP contribution in [0.15, 0.2) is 24.3 Å². The molecule has 6 heteroatoms. The van der Waals surface area contributed by atoms with Crippen molar-refractivity contribution in [1.82, 2.24) is 10.2 Å². The largest absolute Gasteiger partial charge is 0.351 e. The summed E-state index contributed by atoms with van der Waals surface area (Å²) in [7, 11) is 0. The van der Waals surface area contributed by atoms with Crippen molar-refractivity contribution in [3.8, 4) is 0 Å². The zero-order chi connectivity index (χ0) is 32.1. The van der Waals surface area contributed by atoms with Gasteiger partial charge >= 0.3 is 0 Å². The van der Waals surface area contributed by atoms with E-state index in [9.17, 15) is 9.59 Å². The summed E-state index contributed by atoms with van der Waals surface area (Å²) in [5.41, 5.74) is 13.2. The first-order valence-electron chi connectivity index (χ1n) is 18.6. The molecule has 1 aromatic carbocycles. The maximum atomic E-state index is 13.6. The molecular formula is C38H70N4O2. The van der Waals surface area contributed by atoms with E-state index in [0.29, 0.717) is 19.5 Å². The highest BCUT2D eigenvalue weighted by Crippen LogP contribution is 2.15. The highest BCUT2D eigenvalue weighted by Gasteiger charge is 2.16. The number of carbonyl (C=O) groups is 2. The van der Waals surface area contributed by atoms with E-state index in [4.69, 9.17) is 11.5 Å². The molecule has 1 aromatic rings. The summed E-state index contributed by atoms with van der Waals surface area (Å²) in [5.74, 6) is -0.00399. The third-order valence-corrected chi connectivity index (χ3v) is 8.82. The van der Waals surface area contributed by atoms with Crippen LogP contribution in [0.4, 0.5) is 0 Å². The van der Waals surface area contributed by atoms with Crippen LogP contribution in [-0.2, 0) is 11.3 Å². The van der Waals surface area contributed by atoms with Gasteiger partial charge in [0.15, 0.2) is 0 Å². The summed E-state index contributed by atoms with van der Waals surface area (Å²) in [6.07, 6.45) is 28.4. The van der Waals surface area contributed by atoms with Crippen LogP contribution in [0.3, 0.4) is 0 Å². The lowest BCUT2D eigenvalue weighted by Crippen LogP contribution is -2.40. The Labute approximate surface area is 271 Å². The van der Waals surface area contributed by atoms with Gasteiger partial charge in [-0.25, -0.2) is 0 Å². The molecule has 0 radical (unpaired) electrons. The predicted molar refractivity (Wildman–Crippen MR) is 189 cm³/mol. The lowest BCUT2D eigenvalue weighted by Gasteiger charge is -2.23. The van der Waals surface area contributed by atoms with E-state index in [1.54, 1.807) is 0 Å². The second kappa shape index (κ2) is 28.5. The quantitative estimate of drug-likeness (QED) is 0.0752. The Balaban J connectivity index is 2.51. The van der Waals surface area contributed by atoms with Crippen LogP contribution in [0.5, 0.6) is 0 Å². The molecule has 0 spiro atoms. The van der Waals surface area contributed by atoms with Crippen molar-refractivity contribution in [2.24, 2.45) is 11.5 Å². The van der Waals surface area contributed by atoms with Crippen molar-refractivity contribution >= 4 is 11.8 Å². The molecule has 0 aromatic heterocycles. The molecule has 0 bridgehead atoms. The van der Waals surface area contributed by atoms with Crippen LogP contribution >= 0.6 is 0 Å². The maximum Gasteiger partial charge on any atom is 0.253 e. The van der Waals surface area contributed by atoms with Crippen LogP contribution in [0.25, 0.3) is 0 Å². The number of nitrogens with one attached hydrogen (secondary N) is 1. The van der Waals surface area contributed by atoms with Crippen LogP contribution in [-0.4, -0.2) is 42.4 Å². The van der Waals surface area contributed by atoms with Gasteiger partial charge in [-0.2, -0.15) is 0 Å². The molecule has 254 valence electrons. The van der Waals surface area contributed by atoms with Crippen molar-refractivity contribution in [3.63, 3.8) is 0 Å². The summed E-state index contributed by atoms with van der Waals surface area (Å²) >= 11 is 0. The number of benzene rings is 1. The third-order valence-electron chi connectivity index (χ3n) is 8.82. The molecule has 5 N–H and O–H groups in total. The molecule has 0 heterocycles. The van der Waals surface area contributed by atoms with Gasteiger partial charge in [0.05, 0.1) is 6.04 Å². The number of hydrogen-bond acceptors (Lipinski definition) is 4. The molecule has 2 amide bonds. The highest BCUT2D eigenvalue weighted by molar-refractivity contribution is 5.94. The van der Waals surface area contributed by atoms with Gasteiger partial charge in [0.1, 0.15) is 0 Å². The van der Waals surface area contributed by atoms with E-state index in [2.05, 4.69) is 24.1 Å². The first kappa shape index (κ1) is 40.1. The molecule has 1 rings (SSSR count). The molecule has 0 aliphatic rings. The van der Waals surface area contributed by atoms with E-state index in [1.807, 2.05) is 24.3 Å². The third kappa shape index (κ3) is 20.9. The summed E-state index contributed by atoms with van der Waals surface area (Å²) < 4.78 is 0. The lowest BCUT2D eigenvalue weighted by molar-refractivity contribution is -0.122. The number of nitrogens with zero attached hydrogens (tertiary/aromatic N) is 1. The van der Waals surface area contributed by atoms with Gasteiger partial charge in [-0.1, -0.05) is 148 Å². The molecule has 0 aliphatic carbocycles. The number of unbranched alkanes of at least 4 members (excludes halogenated alkanes) is 19. The summed E-state index contributed by atoms with van der Waals surface area (Å²) in [6.45, 7) is 7.26. The fourth-order valence-electron chi connectivity index (χ4n) is 5.80. The fourth-order valence-corrected chi connectivity index (χ4v) is 5.80. The molecule has 44 heavy (non-hydrogen) atoms. The van der Waals surface area contributed by atoms with Crippen molar-refractivity contribution in [1.29, 1.82) is 0 Å². The van der Waals surface area contributed by atoms with Gasteiger partial charge in [-0.15, -0.1) is 0 Å². The Kier molecular flexibility index (Phi) is 26.0. The number of nitrogens with two attached hydrogens (primary N) is 2. The topological polar surface area (TPSA) is 101 Å².